The Morgan fingerprint density at radius 1 is 1.05 bits per heavy atom. The van der Waals surface area contributed by atoms with E-state index in [4.69, 9.17) is 0 Å². The molecular formula is C15H9F5O2. The van der Waals surface area contributed by atoms with Gasteiger partial charge in [0.25, 0.3) is 0 Å². The van der Waals surface area contributed by atoms with Crippen LogP contribution < -0.4 is 0 Å². The molecule has 0 radical (unpaired) electrons. The molecule has 0 bridgehead atoms. The molecule has 0 aliphatic rings. The molecule has 0 unspecified atom stereocenters. The monoisotopic (exact) mass is 316 g/mol. The summed E-state index contributed by atoms with van der Waals surface area (Å²) in [5, 5.41) is 0. The lowest BCUT2D eigenvalue weighted by molar-refractivity contribution is -0.137. The van der Waals surface area contributed by atoms with Gasteiger partial charge in [0, 0.05) is 0 Å². The highest BCUT2D eigenvalue weighted by Crippen LogP contribution is 2.34. The van der Waals surface area contributed by atoms with Gasteiger partial charge in [-0.15, -0.1) is 0 Å². The lowest BCUT2D eigenvalue weighted by Crippen LogP contribution is -2.07. The van der Waals surface area contributed by atoms with Crippen molar-refractivity contribution in [1.82, 2.24) is 0 Å². The summed E-state index contributed by atoms with van der Waals surface area (Å²) in [6.07, 6.45) is -4.60. The number of hydrogen-bond donors (Lipinski definition) is 0. The highest BCUT2D eigenvalue weighted by atomic mass is 19.4. The van der Waals surface area contributed by atoms with E-state index in [0.717, 1.165) is 25.3 Å². The van der Waals surface area contributed by atoms with E-state index in [2.05, 4.69) is 4.74 Å². The van der Waals surface area contributed by atoms with Crippen molar-refractivity contribution in [3.63, 3.8) is 0 Å². The van der Waals surface area contributed by atoms with Crippen LogP contribution in [-0.4, -0.2) is 13.1 Å². The van der Waals surface area contributed by atoms with E-state index in [1.54, 1.807) is 0 Å². The van der Waals surface area contributed by atoms with Crippen molar-refractivity contribution in [3.05, 3.63) is 59.2 Å². The van der Waals surface area contributed by atoms with Crippen LogP contribution in [0.25, 0.3) is 11.1 Å². The molecule has 0 aromatic heterocycles. The molecule has 2 aromatic rings. The minimum atomic E-state index is -4.60. The molecular weight excluding hydrogens is 307 g/mol. The van der Waals surface area contributed by atoms with Gasteiger partial charge in [-0.25, -0.2) is 13.6 Å². The Morgan fingerprint density at radius 3 is 2.27 bits per heavy atom. The number of benzene rings is 2. The molecule has 0 N–H and O–H groups in total. The van der Waals surface area contributed by atoms with E-state index in [1.807, 2.05) is 0 Å². The summed E-state index contributed by atoms with van der Waals surface area (Å²) in [6, 6.07) is 5.21. The molecule has 7 heteroatoms. The van der Waals surface area contributed by atoms with Crippen molar-refractivity contribution in [3.8, 4) is 11.1 Å². The second kappa shape index (κ2) is 5.75. The standard InChI is InChI=1S/C15H9F5O2/c1-22-14(21)11-7-13(17)12(16)6-10(11)8-3-2-4-9(5-8)15(18,19)20/h2-7H,1H3. The van der Waals surface area contributed by atoms with Crippen LogP contribution in [0.4, 0.5) is 22.0 Å². The Hall–Kier alpha value is -2.44. The molecule has 0 amide bonds. The van der Waals surface area contributed by atoms with Crippen LogP contribution in [0.3, 0.4) is 0 Å². The summed E-state index contributed by atoms with van der Waals surface area (Å²) in [5.41, 5.74) is -1.59. The van der Waals surface area contributed by atoms with Gasteiger partial charge < -0.3 is 4.74 Å². The van der Waals surface area contributed by atoms with Gasteiger partial charge >= 0.3 is 12.1 Å². The first-order valence-corrected chi connectivity index (χ1v) is 5.99. The second-order valence-electron chi connectivity index (χ2n) is 4.38. The maximum Gasteiger partial charge on any atom is 0.416 e. The topological polar surface area (TPSA) is 26.3 Å². The summed E-state index contributed by atoms with van der Waals surface area (Å²) in [4.78, 5) is 11.6. The molecule has 0 aliphatic carbocycles. The fourth-order valence-corrected chi connectivity index (χ4v) is 1.93. The van der Waals surface area contributed by atoms with Crippen LogP contribution in [0.5, 0.6) is 0 Å². The van der Waals surface area contributed by atoms with Crippen molar-refractivity contribution >= 4 is 5.97 Å². The maximum absolute atomic E-state index is 13.4. The molecule has 0 heterocycles. The number of hydrogen-bond acceptors (Lipinski definition) is 2. The number of carbonyl (C=O) groups is 1. The number of rotatable bonds is 2. The van der Waals surface area contributed by atoms with Crippen LogP contribution in [0, 0.1) is 11.6 Å². The van der Waals surface area contributed by atoms with Gasteiger partial charge in [-0.2, -0.15) is 13.2 Å². The van der Waals surface area contributed by atoms with Gasteiger partial charge in [-0.05, 0) is 35.4 Å². The zero-order valence-corrected chi connectivity index (χ0v) is 11.2. The van der Waals surface area contributed by atoms with E-state index in [1.165, 1.54) is 6.07 Å². The average molecular weight is 316 g/mol. The Bertz CT molecular complexity index is 722. The molecule has 0 spiro atoms. The van der Waals surface area contributed by atoms with Gasteiger partial charge in [0.15, 0.2) is 11.6 Å². The first-order valence-electron chi connectivity index (χ1n) is 5.99. The number of ether oxygens (including phenoxy) is 1. The zero-order valence-electron chi connectivity index (χ0n) is 11.2. The first-order chi connectivity index (χ1) is 10.2. The number of carbonyl (C=O) groups excluding carboxylic acids is 1. The van der Waals surface area contributed by atoms with Crippen LogP contribution in [0.15, 0.2) is 36.4 Å². The first kappa shape index (κ1) is 15.9. The van der Waals surface area contributed by atoms with E-state index in [0.29, 0.717) is 12.1 Å². The van der Waals surface area contributed by atoms with Crippen molar-refractivity contribution in [2.45, 2.75) is 6.18 Å². The van der Waals surface area contributed by atoms with E-state index in [-0.39, 0.29) is 16.7 Å². The number of methoxy groups -OCH3 is 1. The molecule has 0 aliphatic heterocycles. The summed E-state index contributed by atoms with van der Waals surface area (Å²) < 4.78 is 69.3. The predicted molar refractivity (Wildman–Crippen MR) is 68.1 cm³/mol. The van der Waals surface area contributed by atoms with Gasteiger partial charge in [-0.1, -0.05) is 12.1 Å². The zero-order chi connectivity index (χ0) is 16.5. The number of esters is 1. The van der Waals surface area contributed by atoms with Crippen LogP contribution in [0.2, 0.25) is 0 Å². The Balaban J connectivity index is 2.66. The van der Waals surface area contributed by atoms with Gasteiger partial charge in [0.05, 0.1) is 18.2 Å². The fourth-order valence-electron chi connectivity index (χ4n) is 1.93. The Kier molecular flexibility index (Phi) is 4.16. The molecule has 2 nitrogen and oxygen atoms in total. The van der Waals surface area contributed by atoms with Gasteiger partial charge in [-0.3, -0.25) is 0 Å². The van der Waals surface area contributed by atoms with Crippen molar-refractivity contribution in [2.75, 3.05) is 7.11 Å². The molecule has 2 aromatic carbocycles. The molecule has 0 saturated carbocycles. The molecule has 22 heavy (non-hydrogen) atoms. The normalized spacial score (nSPS) is 11.4. The Labute approximate surface area is 122 Å². The fraction of sp³-hybridized carbons (Fsp3) is 0.133. The highest BCUT2D eigenvalue weighted by Gasteiger charge is 2.31. The summed E-state index contributed by atoms with van der Waals surface area (Å²) in [7, 11) is 1.03. The van der Waals surface area contributed by atoms with Crippen LogP contribution in [0.1, 0.15) is 15.9 Å². The van der Waals surface area contributed by atoms with E-state index >= 15 is 0 Å². The maximum atomic E-state index is 13.4. The minimum Gasteiger partial charge on any atom is -0.465 e. The third-order valence-electron chi connectivity index (χ3n) is 2.97. The molecule has 0 fully saturated rings. The van der Waals surface area contributed by atoms with Crippen molar-refractivity contribution in [2.24, 2.45) is 0 Å². The summed E-state index contributed by atoms with van der Waals surface area (Å²) in [5.74, 6) is -3.55. The molecule has 0 saturated heterocycles. The van der Waals surface area contributed by atoms with Gasteiger partial charge in [0.2, 0.25) is 0 Å². The summed E-state index contributed by atoms with van der Waals surface area (Å²) in [6.45, 7) is 0. The molecule has 0 atom stereocenters. The minimum absolute atomic E-state index is 0.0749. The molecule has 2 rings (SSSR count). The second-order valence-corrected chi connectivity index (χ2v) is 4.38. The Morgan fingerprint density at radius 2 is 1.68 bits per heavy atom. The van der Waals surface area contributed by atoms with E-state index < -0.39 is 29.3 Å². The lowest BCUT2D eigenvalue weighted by Gasteiger charge is -2.12. The number of halogens is 5. The van der Waals surface area contributed by atoms with Crippen molar-refractivity contribution < 1.29 is 31.5 Å². The largest absolute Gasteiger partial charge is 0.465 e. The number of alkyl halides is 3. The lowest BCUT2D eigenvalue weighted by atomic mass is 9.97. The smallest absolute Gasteiger partial charge is 0.416 e. The predicted octanol–water partition coefficient (Wildman–Crippen LogP) is 4.44. The summed E-state index contributed by atoms with van der Waals surface area (Å²) >= 11 is 0. The SMILES string of the molecule is COC(=O)c1cc(F)c(F)cc1-c1cccc(C(F)(F)F)c1. The van der Waals surface area contributed by atoms with Crippen molar-refractivity contribution in [1.29, 1.82) is 0 Å². The van der Waals surface area contributed by atoms with Gasteiger partial charge in [0.1, 0.15) is 0 Å². The van der Waals surface area contributed by atoms with Crippen LogP contribution in [-0.2, 0) is 10.9 Å². The van der Waals surface area contributed by atoms with E-state index in [9.17, 15) is 26.7 Å². The van der Waals surface area contributed by atoms with Crippen LogP contribution >= 0.6 is 0 Å². The third kappa shape index (κ3) is 3.08. The highest BCUT2D eigenvalue weighted by molar-refractivity contribution is 5.97. The molecule has 116 valence electrons. The average Bonchev–Trinajstić information content (AvgIpc) is 2.48. The quantitative estimate of drug-likeness (QED) is 0.605. The third-order valence-corrected chi connectivity index (χ3v) is 2.97.